The van der Waals surface area contributed by atoms with Crippen LogP contribution < -0.4 is 5.32 Å². The standard InChI is InChI=1S/C21H21ClN2OS/c1-13-10-15(3)21-18(11-13)14(2)12-20(24-21)26-9-8-19(25)23-17-6-4-16(22)5-7-17/h4-7,10-12H,8-9H2,1-3H3,(H,23,25). The zero-order valence-electron chi connectivity index (χ0n) is 15.1. The second-order valence-electron chi connectivity index (χ2n) is 6.41. The maximum Gasteiger partial charge on any atom is 0.225 e. The molecule has 26 heavy (non-hydrogen) atoms. The first kappa shape index (κ1) is 18.7. The average molecular weight is 385 g/mol. The summed E-state index contributed by atoms with van der Waals surface area (Å²) >= 11 is 7.46. The number of amides is 1. The molecule has 0 bridgehead atoms. The lowest BCUT2D eigenvalue weighted by Gasteiger charge is -2.10. The first-order valence-electron chi connectivity index (χ1n) is 8.49. The van der Waals surface area contributed by atoms with E-state index in [0.717, 1.165) is 16.2 Å². The first-order chi connectivity index (χ1) is 12.4. The van der Waals surface area contributed by atoms with E-state index in [1.165, 1.54) is 22.1 Å². The van der Waals surface area contributed by atoms with Crippen LogP contribution in [0, 0.1) is 20.8 Å². The Morgan fingerprint density at radius 2 is 1.81 bits per heavy atom. The molecule has 0 saturated heterocycles. The summed E-state index contributed by atoms with van der Waals surface area (Å²) in [6.45, 7) is 6.31. The number of aromatic nitrogens is 1. The van der Waals surface area contributed by atoms with Crippen molar-refractivity contribution in [1.29, 1.82) is 0 Å². The molecular formula is C21H21ClN2OS. The molecule has 0 spiro atoms. The molecular weight excluding hydrogens is 364 g/mol. The lowest BCUT2D eigenvalue weighted by atomic mass is 10.0. The predicted molar refractivity (Wildman–Crippen MR) is 111 cm³/mol. The molecule has 0 aliphatic carbocycles. The molecule has 3 nitrogen and oxygen atoms in total. The molecule has 3 rings (SSSR count). The molecule has 0 aliphatic rings. The minimum absolute atomic E-state index is 0.0101. The van der Waals surface area contributed by atoms with E-state index in [0.29, 0.717) is 17.2 Å². The van der Waals surface area contributed by atoms with Gasteiger partial charge in [0.1, 0.15) is 0 Å². The smallest absolute Gasteiger partial charge is 0.225 e. The highest BCUT2D eigenvalue weighted by atomic mass is 35.5. The molecule has 0 radical (unpaired) electrons. The second-order valence-corrected chi connectivity index (χ2v) is 7.96. The molecule has 1 N–H and O–H groups in total. The van der Waals surface area contributed by atoms with Gasteiger partial charge in [0.25, 0.3) is 0 Å². The minimum atomic E-state index is -0.0101. The van der Waals surface area contributed by atoms with E-state index >= 15 is 0 Å². The number of fused-ring (bicyclic) bond motifs is 1. The van der Waals surface area contributed by atoms with Gasteiger partial charge in [-0.15, -0.1) is 11.8 Å². The predicted octanol–water partition coefficient (Wildman–Crippen LogP) is 5.93. The lowest BCUT2D eigenvalue weighted by molar-refractivity contribution is -0.115. The summed E-state index contributed by atoms with van der Waals surface area (Å²) in [7, 11) is 0. The Morgan fingerprint density at radius 3 is 2.54 bits per heavy atom. The molecule has 1 heterocycles. The molecule has 2 aromatic carbocycles. The monoisotopic (exact) mass is 384 g/mol. The van der Waals surface area contributed by atoms with Gasteiger partial charge < -0.3 is 5.32 Å². The molecule has 0 atom stereocenters. The number of halogens is 1. The number of rotatable bonds is 5. The van der Waals surface area contributed by atoms with Crippen LogP contribution in [0.2, 0.25) is 5.02 Å². The van der Waals surface area contributed by atoms with Crippen LogP contribution in [-0.4, -0.2) is 16.6 Å². The van der Waals surface area contributed by atoms with Crippen LogP contribution in [0.15, 0.2) is 47.5 Å². The largest absolute Gasteiger partial charge is 0.326 e. The highest BCUT2D eigenvalue weighted by Crippen LogP contribution is 2.27. The molecule has 0 fully saturated rings. The zero-order chi connectivity index (χ0) is 18.7. The van der Waals surface area contributed by atoms with E-state index in [1.54, 1.807) is 36.0 Å². The van der Waals surface area contributed by atoms with E-state index in [9.17, 15) is 4.79 Å². The van der Waals surface area contributed by atoms with E-state index < -0.39 is 0 Å². The van der Waals surface area contributed by atoms with Gasteiger partial charge >= 0.3 is 0 Å². The van der Waals surface area contributed by atoms with Gasteiger partial charge in [-0.05, 0) is 68.3 Å². The number of anilines is 1. The summed E-state index contributed by atoms with van der Waals surface area (Å²) in [6.07, 6.45) is 0.430. The second kappa shape index (κ2) is 8.11. The lowest BCUT2D eigenvalue weighted by Crippen LogP contribution is -2.12. The van der Waals surface area contributed by atoms with Gasteiger partial charge in [0.2, 0.25) is 5.91 Å². The molecule has 1 amide bonds. The number of thioether (sulfide) groups is 1. The Morgan fingerprint density at radius 1 is 1.08 bits per heavy atom. The van der Waals surface area contributed by atoms with Crippen molar-refractivity contribution in [2.75, 3.05) is 11.1 Å². The summed E-state index contributed by atoms with van der Waals surface area (Å²) in [5.74, 6) is 0.673. The fourth-order valence-electron chi connectivity index (χ4n) is 2.89. The van der Waals surface area contributed by atoms with Gasteiger partial charge in [-0.25, -0.2) is 4.98 Å². The molecule has 1 aromatic heterocycles. The Balaban J connectivity index is 1.62. The number of carbonyl (C=O) groups is 1. The Kier molecular flexibility index (Phi) is 5.84. The summed E-state index contributed by atoms with van der Waals surface area (Å²) in [6, 6.07) is 13.6. The van der Waals surface area contributed by atoms with E-state index in [2.05, 4.69) is 44.3 Å². The minimum Gasteiger partial charge on any atom is -0.326 e. The van der Waals surface area contributed by atoms with Gasteiger partial charge in [0.15, 0.2) is 0 Å². The molecule has 0 aliphatic heterocycles. The topological polar surface area (TPSA) is 42.0 Å². The average Bonchev–Trinajstić information content (AvgIpc) is 2.58. The third-order valence-corrected chi connectivity index (χ3v) is 5.30. The molecule has 134 valence electrons. The molecule has 5 heteroatoms. The van der Waals surface area contributed by atoms with Crippen LogP contribution in [0.25, 0.3) is 10.9 Å². The van der Waals surface area contributed by atoms with Gasteiger partial charge in [-0.2, -0.15) is 0 Å². The van der Waals surface area contributed by atoms with E-state index in [1.807, 2.05) is 0 Å². The summed E-state index contributed by atoms with van der Waals surface area (Å²) in [5.41, 5.74) is 5.46. The number of hydrogen-bond donors (Lipinski definition) is 1. The van der Waals surface area contributed by atoms with Crippen LogP contribution in [-0.2, 0) is 4.79 Å². The Labute approximate surface area is 163 Å². The number of aryl methyl sites for hydroxylation is 3. The van der Waals surface area contributed by atoms with Crippen molar-refractivity contribution >= 4 is 45.9 Å². The quantitative estimate of drug-likeness (QED) is 0.554. The van der Waals surface area contributed by atoms with E-state index in [-0.39, 0.29) is 5.91 Å². The highest BCUT2D eigenvalue weighted by molar-refractivity contribution is 7.99. The van der Waals surface area contributed by atoms with Crippen molar-refractivity contribution in [3.63, 3.8) is 0 Å². The fourth-order valence-corrected chi connectivity index (χ4v) is 3.93. The number of nitrogens with one attached hydrogen (secondary N) is 1. The third kappa shape index (κ3) is 4.57. The number of hydrogen-bond acceptors (Lipinski definition) is 3. The molecule has 0 saturated carbocycles. The number of pyridine rings is 1. The van der Waals surface area contributed by atoms with Crippen molar-refractivity contribution in [2.45, 2.75) is 32.2 Å². The molecule has 0 unspecified atom stereocenters. The first-order valence-corrected chi connectivity index (χ1v) is 9.85. The molecule has 3 aromatic rings. The summed E-state index contributed by atoms with van der Waals surface area (Å²) < 4.78 is 0. The van der Waals surface area contributed by atoms with Gasteiger partial charge in [0.05, 0.1) is 10.5 Å². The third-order valence-electron chi connectivity index (χ3n) is 4.14. The van der Waals surface area contributed by atoms with Crippen LogP contribution in [0.1, 0.15) is 23.1 Å². The number of nitrogens with zero attached hydrogens (tertiary/aromatic N) is 1. The van der Waals surface area contributed by atoms with Gasteiger partial charge in [-0.1, -0.05) is 23.2 Å². The van der Waals surface area contributed by atoms with Crippen molar-refractivity contribution < 1.29 is 4.79 Å². The van der Waals surface area contributed by atoms with Crippen molar-refractivity contribution in [1.82, 2.24) is 4.98 Å². The van der Waals surface area contributed by atoms with Crippen molar-refractivity contribution in [3.05, 3.63) is 64.2 Å². The van der Waals surface area contributed by atoms with Crippen LogP contribution in [0.3, 0.4) is 0 Å². The Hall–Kier alpha value is -2.04. The summed E-state index contributed by atoms with van der Waals surface area (Å²) in [4.78, 5) is 16.9. The maximum absolute atomic E-state index is 12.1. The Bertz CT molecular complexity index is 954. The normalized spacial score (nSPS) is 10.9. The summed E-state index contributed by atoms with van der Waals surface area (Å²) in [5, 5.41) is 5.70. The zero-order valence-corrected chi connectivity index (χ0v) is 16.7. The number of carbonyl (C=O) groups excluding carboxylic acids is 1. The number of benzene rings is 2. The SMILES string of the molecule is Cc1cc(C)c2nc(SCCC(=O)Nc3ccc(Cl)cc3)cc(C)c2c1. The maximum atomic E-state index is 12.1. The van der Waals surface area contributed by atoms with Crippen LogP contribution >= 0.6 is 23.4 Å². The van der Waals surface area contributed by atoms with Gasteiger partial charge in [0, 0.05) is 28.3 Å². The van der Waals surface area contributed by atoms with Crippen LogP contribution in [0.4, 0.5) is 5.69 Å². The highest BCUT2D eigenvalue weighted by Gasteiger charge is 2.08. The fraction of sp³-hybridized carbons (Fsp3) is 0.238. The van der Waals surface area contributed by atoms with Crippen molar-refractivity contribution in [2.24, 2.45) is 0 Å². The van der Waals surface area contributed by atoms with Crippen molar-refractivity contribution in [3.8, 4) is 0 Å². The van der Waals surface area contributed by atoms with E-state index in [4.69, 9.17) is 16.6 Å². The van der Waals surface area contributed by atoms with Crippen LogP contribution in [0.5, 0.6) is 0 Å². The van der Waals surface area contributed by atoms with Gasteiger partial charge in [-0.3, -0.25) is 4.79 Å².